The monoisotopic (exact) mass is 345 g/mol. The molecule has 0 spiro atoms. The van der Waals surface area contributed by atoms with Crippen molar-refractivity contribution >= 4 is 15.8 Å². The molecule has 3 rings (SSSR count). The van der Waals surface area contributed by atoms with Crippen LogP contribution < -0.4 is 4.72 Å². The minimum absolute atomic E-state index is 0.151. The fourth-order valence-corrected chi connectivity index (χ4v) is 3.63. The van der Waals surface area contributed by atoms with E-state index in [1.54, 1.807) is 30.9 Å². The van der Waals surface area contributed by atoms with Crippen LogP contribution >= 0.6 is 0 Å². The van der Waals surface area contributed by atoms with Crippen LogP contribution in [-0.2, 0) is 23.6 Å². The van der Waals surface area contributed by atoms with Crippen LogP contribution in [0.3, 0.4) is 0 Å². The lowest BCUT2D eigenvalue weighted by molar-refractivity contribution is 0.600. The first kappa shape index (κ1) is 16.3. The Labute approximate surface area is 141 Å². The first-order chi connectivity index (χ1) is 11.3. The molecule has 0 bridgehead atoms. The molecule has 2 aromatic heterocycles. The Bertz CT molecular complexity index is 955. The Morgan fingerprint density at radius 1 is 1.08 bits per heavy atom. The molecule has 0 unspecified atom stereocenters. The highest BCUT2D eigenvalue weighted by Crippen LogP contribution is 2.17. The van der Waals surface area contributed by atoms with E-state index in [4.69, 9.17) is 0 Å². The normalized spacial score (nSPS) is 11.6. The summed E-state index contributed by atoms with van der Waals surface area (Å²) in [6, 6.07) is 9.76. The maximum atomic E-state index is 12.4. The van der Waals surface area contributed by atoms with Crippen LogP contribution in [0.1, 0.15) is 16.8 Å². The average Bonchev–Trinajstić information content (AvgIpc) is 3.07. The van der Waals surface area contributed by atoms with Crippen LogP contribution in [0.4, 0.5) is 5.82 Å². The number of benzene rings is 1. The summed E-state index contributed by atoms with van der Waals surface area (Å²) in [4.78, 5) is 0.151. The Balaban J connectivity index is 1.76. The lowest BCUT2D eigenvalue weighted by Crippen LogP contribution is -2.14. The van der Waals surface area contributed by atoms with Gasteiger partial charge in [0.1, 0.15) is 4.90 Å². The summed E-state index contributed by atoms with van der Waals surface area (Å²) in [5.41, 5.74) is 2.74. The second kappa shape index (κ2) is 6.12. The van der Waals surface area contributed by atoms with Crippen molar-refractivity contribution in [3.63, 3.8) is 0 Å². The molecule has 2 heterocycles. The minimum atomic E-state index is -3.70. The maximum Gasteiger partial charge on any atom is 0.266 e. The van der Waals surface area contributed by atoms with Crippen molar-refractivity contribution in [3.8, 4) is 0 Å². The standard InChI is InChI=1S/C16H19N5O2S/c1-12-4-6-14(7-5-12)10-21-9-8-16(18-21)19-24(22,23)15-11-20(3)17-13(15)2/h4-9,11H,10H2,1-3H3,(H,18,19). The molecule has 1 aromatic carbocycles. The Morgan fingerprint density at radius 2 is 1.79 bits per heavy atom. The van der Waals surface area contributed by atoms with E-state index in [2.05, 4.69) is 14.9 Å². The van der Waals surface area contributed by atoms with E-state index in [0.717, 1.165) is 5.56 Å². The van der Waals surface area contributed by atoms with E-state index in [1.165, 1.54) is 16.4 Å². The van der Waals surface area contributed by atoms with Gasteiger partial charge >= 0.3 is 0 Å². The van der Waals surface area contributed by atoms with Crippen LogP contribution in [0.2, 0.25) is 0 Å². The first-order valence-electron chi connectivity index (χ1n) is 7.45. The number of nitrogens with one attached hydrogen (secondary N) is 1. The third-order valence-corrected chi connectivity index (χ3v) is 5.06. The predicted octanol–water partition coefficient (Wildman–Crippen LogP) is 2.08. The molecule has 0 aliphatic carbocycles. The molecule has 126 valence electrons. The van der Waals surface area contributed by atoms with Crippen LogP contribution in [0.15, 0.2) is 47.6 Å². The van der Waals surface area contributed by atoms with Crippen molar-refractivity contribution < 1.29 is 8.42 Å². The summed E-state index contributed by atoms with van der Waals surface area (Å²) in [5, 5.41) is 8.33. The summed E-state index contributed by atoms with van der Waals surface area (Å²) < 4.78 is 30.5. The van der Waals surface area contributed by atoms with Gasteiger partial charge in [0, 0.05) is 25.5 Å². The van der Waals surface area contributed by atoms with Gasteiger partial charge in [0.2, 0.25) is 0 Å². The van der Waals surface area contributed by atoms with Crippen LogP contribution in [-0.4, -0.2) is 28.0 Å². The molecule has 24 heavy (non-hydrogen) atoms. The highest BCUT2D eigenvalue weighted by atomic mass is 32.2. The lowest BCUT2D eigenvalue weighted by Gasteiger charge is -2.05. The van der Waals surface area contributed by atoms with E-state index in [0.29, 0.717) is 12.2 Å². The quantitative estimate of drug-likeness (QED) is 0.767. The number of aromatic nitrogens is 4. The number of nitrogens with zero attached hydrogens (tertiary/aromatic N) is 4. The van der Waals surface area contributed by atoms with Crippen molar-refractivity contribution in [2.75, 3.05) is 4.72 Å². The van der Waals surface area contributed by atoms with Crippen LogP contribution in [0.25, 0.3) is 0 Å². The van der Waals surface area contributed by atoms with E-state index in [9.17, 15) is 8.42 Å². The highest BCUT2D eigenvalue weighted by molar-refractivity contribution is 7.92. The van der Waals surface area contributed by atoms with Gasteiger partial charge in [-0.05, 0) is 19.4 Å². The highest BCUT2D eigenvalue weighted by Gasteiger charge is 2.20. The van der Waals surface area contributed by atoms with Gasteiger partial charge in [-0.15, -0.1) is 0 Å². The van der Waals surface area contributed by atoms with Gasteiger partial charge in [-0.1, -0.05) is 29.8 Å². The van der Waals surface area contributed by atoms with E-state index in [-0.39, 0.29) is 10.7 Å². The fourth-order valence-electron chi connectivity index (χ4n) is 2.42. The summed E-state index contributed by atoms with van der Waals surface area (Å²) in [5.74, 6) is 0.283. The number of hydrogen-bond acceptors (Lipinski definition) is 4. The maximum absolute atomic E-state index is 12.4. The molecule has 0 saturated heterocycles. The van der Waals surface area contributed by atoms with Crippen molar-refractivity contribution in [2.24, 2.45) is 7.05 Å². The van der Waals surface area contributed by atoms with Crippen LogP contribution in [0, 0.1) is 13.8 Å². The number of rotatable bonds is 5. The smallest absolute Gasteiger partial charge is 0.266 e. The zero-order valence-electron chi connectivity index (χ0n) is 13.8. The predicted molar refractivity (Wildman–Crippen MR) is 91.3 cm³/mol. The number of aryl methyl sites for hydroxylation is 3. The third-order valence-electron chi connectivity index (χ3n) is 3.60. The molecule has 0 saturated carbocycles. The third kappa shape index (κ3) is 3.48. The molecule has 0 aliphatic rings. The largest absolute Gasteiger partial charge is 0.274 e. The van der Waals surface area contributed by atoms with Gasteiger partial charge in [0.15, 0.2) is 5.82 Å². The molecule has 0 amide bonds. The van der Waals surface area contributed by atoms with Crippen molar-refractivity contribution in [3.05, 3.63) is 59.5 Å². The number of anilines is 1. The lowest BCUT2D eigenvalue weighted by atomic mass is 10.1. The summed E-state index contributed by atoms with van der Waals surface area (Å²) >= 11 is 0. The van der Waals surface area contributed by atoms with Crippen LogP contribution in [0.5, 0.6) is 0 Å². The van der Waals surface area contributed by atoms with Gasteiger partial charge in [0.25, 0.3) is 10.0 Å². The zero-order chi connectivity index (χ0) is 17.3. The molecule has 1 N–H and O–H groups in total. The Morgan fingerprint density at radius 3 is 2.42 bits per heavy atom. The Kier molecular flexibility index (Phi) is 4.15. The summed E-state index contributed by atoms with van der Waals surface area (Å²) in [6.45, 7) is 4.27. The van der Waals surface area contributed by atoms with E-state index >= 15 is 0 Å². The Hall–Kier alpha value is -2.61. The molecule has 0 radical (unpaired) electrons. The number of sulfonamides is 1. The van der Waals surface area contributed by atoms with Gasteiger partial charge in [-0.2, -0.15) is 10.2 Å². The van der Waals surface area contributed by atoms with Gasteiger partial charge in [-0.25, -0.2) is 8.42 Å². The first-order valence-corrected chi connectivity index (χ1v) is 8.94. The SMILES string of the molecule is Cc1ccc(Cn2ccc(NS(=O)(=O)c3cn(C)nc3C)n2)cc1. The van der Waals surface area contributed by atoms with E-state index in [1.807, 2.05) is 31.2 Å². The summed E-state index contributed by atoms with van der Waals surface area (Å²) in [6.07, 6.45) is 3.22. The topological polar surface area (TPSA) is 81.8 Å². The molecule has 3 aromatic rings. The van der Waals surface area contributed by atoms with Gasteiger partial charge in [-0.3, -0.25) is 14.1 Å². The summed E-state index contributed by atoms with van der Waals surface area (Å²) in [7, 11) is -2.01. The molecule has 0 atom stereocenters. The van der Waals surface area contributed by atoms with Gasteiger partial charge in [0.05, 0.1) is 12.2 Å². The van der Waals surface area contributed by atoms with Crippen molar-refractivity contribution in [2.45, 2.75) is 25.3 Å². The minimum Gasteiger partial charge on any atom is -0.274 e. The average molecular weight is 345 g/mol. The molecule has 7 nitrogen and oxygen atoms in total. The van der Waals surface area contributed by atoms with Gasteiger partial charge < -0.3 is 0 Å². The second-order valence-electron chi connectivity index (χ2n) is 5.74. The van der Waals surface area contributed by atoms with E-state index < -0.39 is 10.0 Å². The molecule has 0 fully saturated rings. The van der Waals surface area contributed by atoms with Crippen molar-refractivity contribution in [1.29, 1.82) is 0 Å². The molecular formula is C16H19N5O2S. The molecule has 8 heteroatoms. The number of hydrogen-bond donors (Lipinski definition) is 1. The second-order valence-corrected chi connectivity index (χ2v) is 7.39. The molecular weight excluding hydrogens is 326 g/mol. The van der Waals surface area contributed by atoms with Crippen molar-refractivity contribution in [1.82, 2.24) is 19.6 Å². The molecule has 0 aliphatic heterocycles. The fraction of sp³-hybridized carbons (Fsp3) is 0.250. The zero-order valence-corrected chi connectivity index (χ0v) is 14.6.